The average molecular weight is 252 g/mol. The monoisotopic (exact) mass is 251 g/mol. The third-order valence-corrected chi connectivity index (χ3v) is 2.30. The molecule has 4 N–H and O–H groups in total. The molecule has 0 atom stereocenters. The molecule has 0 bridgehead atoms. The van der Waals surface area contributed by atoms with Crippen molar-refractivity contribution in [2.45, 2.75) is 0 Å². The Hall–Kier alpha value is -1.17. The Kier molecular flexibility index (Phi) is 2.51. The molecule has 0 saturated carbocycles. The topological polar surface area (TPSA) is 75.7 Å². The van der Waals surface area contributed by atoms with Gasteiger partial charge in [-0.2, -0.15) is 0 Å². The maximum atomic E-state index is 13.2. The average Bonchev–Trinajstić information content (AvgIpc) is 2.13. The SMILES string of the molecule is COc1c(O)c(O)c(N)c(Br)c1F. The van der Waals surface area contributed by atoms with E-state index in [9.17, 15) is 9.50 Å². The van der Waals surface area contributed by atoms with Crippen LogP contribution >= 0.6 is 15.9 Å². The van der Waals surface area contributed by atoms with Crippen molar-refractivity contribution >= 4 is 21.6 Å². The molecule has 0 aliphatic heterocycles. The summed E-state index contributed by atoms with van der Waals surface area (Å²) in [5, 5.41) is 18.3. The lowest BCUT2D eigenvalue weighted by Crippen LogP contribution is -1.96. The van der Waals surface area contributed by atoms with Gasteiger partial charge < -0.3 is 20.7 Å². The molecule has 0 fully saturated rings. The van der Waals surface area contributed by atoms with Gasteiger partial charge in [-0.25, -0.2) is 4.39 Å². The summed E-state index contributed by atoms with van der Waals surface area (Å²) in [6, 6.07) is 0. The number of hydrogen-bond acceptors (Lipinski definition) is 4. The van der Waals surface area contributed by atoms with Crippen molar-refractivity contribution in [1.82, 2.24) is 0 Å². The van der Waals surface area contributed by atoms with E-state index in [4.69, 9.17) is 10.8 Å². The van der Waals surface area contributed by atoms with Gasteiger partial charge in [-0.05, 0) is 15.9 Å². The highest BCUT2D eigenvalue weighted by atomic mass is 79.9. The molecular weight excluding hydrogens is 245 g/mol. The van der Waals surface area contributed by atoms with Gasteiger partial charge in [0.25, 0.3) is 0 Å². The number of phenols is 2. The molecule has 0 aliphatic rings. The van der Waals surface area contributed by atoms with Crippen molar-refractivity contribution in [2.75, 3.05) is 12.8 Å². The number of anilines is 1. The van der Waals surface area contributed by atoms with Crippen LogP contribution < -0.4 is 10.5 Å². The molecule has 0 aromatic heterocycles. The first kappa shape index (κ1) is 9.91. The van der Waals surface area contributed by atoms with Crippen molar-refractivity contribution < 1.29 is 19.3 Å². The highest BCUT2D eigenvalue weighted by Gasteiger charge is 2.21. The summed E-state index contributed by atoms with van der Waals surface area (Å²) in [4.78, 5) is 0. The fourth-order valence-corrected chi connectivity index (χ4v) is 1.22. The summed E-state index contributed by atoms with van der Waals surface area (Å²) in [7, 11) is 1.17. The van der Waals surface area contributed by atoms with E-state index in [2.05, 4.69) is 20.7 Å². The predicted molar refractivity (Wildman–Crippen MR) is 48.4 cm³/mol. The molecule has 0 radical (unpaired) electrons. The van der Waals surface area contributed by atoms with E-state index in [1.807, 2.05) is 0 Å². The van der Waals surface area contributed by atoms with E-state index >= 15 is 0 Å². The van der Waals surface area contributed by atoms with Crippen molar-refractivity contribution in [3.8, 4) is 17.2 Å². The molecule has 1 aromatic carbocycles. The molecule has 0 heterocycles. The van der Waals surface area contributed by atoms with Crippen LogP contribution in [0.15, 0.2) is 4.47 Å². The molecule has 0 aliphatic carbocycles. The first-order chi connectivity index (χ1) is 6.00. The summed E-state index contributed by atoms with van der Waals surface area (Å²) >= 11 is 2.80. The summed E-state index contributed by atoms with van der Waals surface area (Å²) < 4.78 is 17.6. The molecule has 72 valence electrons. The second kappa shape index (κ2) is 3.29. The van der Waals surface area contributed by atoms with Gasteiger partial charge in [-0.3, -0.25) is 0 Å². The molecule has 6 heteroatoms. The van der Waals surface area contributed by atoms with Crippen LogP contribution in [0.4, 0.5) is 10.1 Å². The Bertz CT molecular complexity index is 327. The zero-order valence-corrected chi connectivity index (χ0v) is 8.22. The van der Waals surface area contributed by atoms with Crippen LogP contribution in [0.1, 0.15) is 0 Å². The van der Waals surface area contributed by atoms with Gasteiger partial charge in [0.1, 0.15) is 0 Å². The fourth-order valence-electron chi connectivity index (χ4n) is 0.847. The van der Waals surface area contributed by atoms with E-state index in [0.717, 1.165) is 0 Å². The highest BCUT2D eigenvalue weighted by molar-refractivity contribution is 9.10. The standard InChI is InChI=1S/C7H7BrFNO3/c1-13-7-3(9)2(8)4(10)5(11)6(7)12/h11-12H,10H2,1H3. The predicted octanol–water partition coefficient (Wildman–Crippen LogP) is 1.59. The van der Waals surface area contributed by atoms with Gasteiger partial charge in [-0.15, -0.1) is 0 Å². The van der Waals surface area contributed by atoms with Crippen LogP contribution in [0.5, 0.6) is 17.2 Å². The Balaban J connectivity index is 3.56. The van der Waals surface area contributed by atoms with Crippen LogP contribution in [0.2, 0.25) is 0 Å². The number of nitrogens with two attached hydrogens (primary N) is 1. The lowest BCUT2D eigenvalue weighted by Gasteiger charge is -2.10. The second-order valence-corrected chi connectivity index (χ2v) is 3.07. The van der Waals surface area contributed by atoms with Gasteiger partial charge in [0.2, 0.25) is 11.5 Å². The summed E-state index contributed by atoms with van der Waals surface area (Å²) in [6.45, 7) is 0. The fraction of sp³-hybridized carbons (Fsp3) is 0.143. The Labute approximate surface area is 81.9 Å². The molecule has 0 saturated heterocycles. The molecular formula is C7H7BrFNO3. The number of rotatable bonds is 1. The summed E-state index contributed by atoms with van der Waals surface area (Å²) in [5.74, 6) is -2.61. The van der Waals surface area contributed by atoms with E-state index < -0.39 is 23.1 Å². The van der Waals surface area contributed by atoms with E-state index in [1.54, 1.807) is 0 Å². The van der Waals surface area contributed by atoms with Gasteiger partial charge in [-0.1, -0.05) is 0 Å². The number of nitrogen functional groups attached to an aromatic ring is 1. The minimum absolute atomic E-state index is 0.139. The molecule has 1 aromatic rings. The lowest BCUT2D eigenvalue weighted by molar-refractivity contribution is 0.333. The normalized spacial score (nSPS) is 10.1. The number of phenolic OH excluding ortho intramolecular Hbond substituents is 2. The maximum absolute atomic E-state index is 13.2. The van der Waals surface area contributed by atoms with Crippen molar-refractivity contribution in [2.24, 2.45) is 0 Å². The molecule has 0 amide bonds. The number of hydrogen-bond donors (Lipinski definition) is 3. The van der Waals surface area contributed by atoms with Crippen LogP contribution in [-0.2, 0) is 0 Å². The van der Waals surface area contributed by atoms with Crippen LogP contribution in [-0.4, -0.2) is 17.3 Å². The van der Waals surface area contributed by atoms with Gasteiger partial charge in [0.15, 0.2) is 11.6 Å². The number of aromatic hydroxyl groups is 2. The van der Waals surface area contributed by atoms with E-state index in [-0.39, 0.29) is 10.2 Å². The van der Waals surface area contributed by atoms with Gasteiger partial charge >= 0.3 is 0 Å². The van der Waals surface area contributed by atoms with Crippen molar-refractivity contribution in [3.05, 3.63) is 10.3 Å². The minimum Gasteiger partial charge on any atom is -0.503 e. The largest absolute Gasteiger partial charge is 0.503 e. The van der Waals surface area contributed by atoms with Gasteiger partial charge in [0, 0.05) is 0 Å². The molecule has 1 rings (SSSR count). The first-order valence-electron chi connectivity index (χ1n) is 3.23. The third-order valence-electron chi connectivity index (χ3n) is 1.53. The van der Waals surface area contributed by atoms with Crippen LogP contribution in [0.25, 0.3) is 0 Å². The smallest absolute Gasteiger partial charge is 0.205 e. The van der Waals surface area contributed by atoms with Crippen LogP contribution in [0, 0.1) is 5.82 Å². The summed E-state index contributed by atoms with van der Waals surface area (Å²) in [6.07, 6.45) is 0. The number of benzene rings is 1. The molecule has 0 unspecified atom stereocenters. The lowest BCUT2D eigenvalue weighted by atomic mass is 10.2. The zero-order chi connectivity index (χ0) is 10.2. The quantitative estimate of drug-likeness (QED) is 0.524. The Morgan fingerprint density at radius 3 is 2.38 bits per heavy atom. The Morgan fingerprint density at radius 2 is 1.92 bits per heavy atom. The van der Waals surface area contributed by atoms with Crippen LogP contribution in [0.3, 0.4) is 0 Å². The molecule has 4 nitrogen and oxygen atoms in total. The second-order valence-electron chi connectivity index (χ2n) is 2.27. The summed E-state index contributed by atoms with van der Waals surface area (Å²) in [5.41, 5.74) is 4.99. The van der Waals surface area contributed by atoms with Crippen molar-refractivity contribution in [1.29, 1.82) is 0 Å². The number of methoxy groups -OCH3 is 1. The zero-order valence-electron chi connectivity index (χ0n) is 6.64. The maximum Gasteiger partial charge on any atom is 0.205 e. The Morgan fingerprint density at radius 1 is 1.38 bits per heavy atom. The highest BCUT2D eigenvalue weighted by Crippen LogP contribution is 2.46. The van der Waals surface area contributed by atoms with E-state index in [1.165, 1.54) is 7.11 Å². The number of ether oxygens (including phenoxy) is 1. The molecule has 13 heavy (non-hydrogen) atoms. The third kappa shape index (κ3) is 1.37. The van der Waals surface area contributed by atoms with E-state index in [0.29, 0.717) is 0 Å². The van der Waals surface area contributed by atoms with Crippen molar-refractivity contribution in [3.63, 3.8) is 0 Å². The first-order valence-corrected chi connectivity index (χ1v) is 4.02. The molecule has 0 spiro atoms. The minimum atomic E-state index is -0.852. The van der Waals surface area contributed by atoms with Gasteiger partial charge in [0.05, 0.1) is 17.3 Å². The number of halogens is 2.